The maximum atomic E-state index is 14.0. The van der Waals surface area contributed by atoms with Gasteiger partial charge in [-0.05, 0) is 24.3 Å². The van der Waals surface area contributed by atoms with Crippen molar-refractivity contribution < 1.29 is 22.3 Å². The number of methoxy groups -OCH3 is 2. The van der Waals surface area contributed by atoms with Crippen LogP contribution in [0.1, 0.15) is 5.69 Å². The summed E-state index contributed by atoms with van der Waals surface area (Å²) in [6.45, 7) is 0.150. The topological polar surface area (TPSA) is 94.8 Å². The Kier molecular flexibility index (Phi) is 5.90. The van der Waals surface area contributed by atoms with Gasteiger partial charge in [-0.2, -0.15) is 4.98 Å². The summed E-state index contributed by atoms with van der Waals surface area (Å²) in [5.41, 5.74) is 1.09. The van der Waals surface area contributed by atoms with Crippen LogP contribution in [-0.4, -0.2) is 43.8 Å². The highest BCUT2D eigenvalue weighted by Gasteiger charge is 2.18. The van der Waals surface area contributed by atoms with Gasteiger partial charge in [0.05, 0.1) is 30.4 Å². The first-order chi connectivity index (χ1) is 14.9. The lowest BCUT2D eigenvalue weighted by atomic mass is 10.2. The Morgan fingerprint density at radius 1 is 1.13 bits per heavy atom. The third-order valence-corrected chi connectivity index (χ3v) is 6.93. The Morgan fingerprint density at radius 3 is 2.65 bits per heavy atom. The van der Waals surface area contributed by atoms with Crippen LogP contribution in [-0.2, 0) is 16.4 Å². The molecule has 0 unspecified atom stereocenters. The van der Waals surface area contributed by atoms with E-state index in [1.54, 1.807) is 22.7 Å². The number of aromatic nitrogens is 3. The molecule has 0 spiro atoms. The molecule has 0 atom stereocenters. The molecule has 31 heavy (non-hydrogen) atoms. The van der Waals surface area contributed by atoms with E-state index in [1.807, 2.05) is 5.38 Å². The van der Waals surface area contributed by atoms with Gasteiger partial charge in [-0.3, -0.25) is 0 Å². The van der Waals surface area contributed by atoms with E-state index in [2.05, 4.69) is 14.8 Å². The fourth-order valence-electron chi connectivity index (χ4n) is 3.03. The van der Waals surface area contributed by atoms with E-state index in [0.717, 1.165) is 5.69 Å². The second kappa shape index (κ2) is 8.61. The first kappa shape index (κ1) is 21.2. The first-order valence-electron chi connectivity index (χ1n) is 9.22. The number of ether oxygens (including phenoxy) is 2. The van der Waals surface area contributed by atoms with Crippen LogP contribution in [0.4, 0.5) is 4.39 Å². The van der Waals surface area contributed by atoms with Crippen molar-refractivity contribution in [3.8, 4) is 22.9 Å². The minimum atomic E-state index is -3.74. The lowest BCUT2D eigenvalue weighted by molar-refractivity contribution is 0.354. The number of sulfonamides is 1. The van der Waals surface area contributed by atoms with Crippen LogP contribution in [0.25, 0.3) is 16.3 Å². The summed E-state index contributed by atoms with van der Waals surface area (Å²) in [7, 11) is -0.823. The Morgan fingerprint density at radius 2 is 1.90 bits per heavy atom. The zero-order valence-electron chi connectivity index (χ0n) is 16.7. The molecule has 0 aliphatic carbocycles. The summed E-state index contributed by atoms with van der Waals surface area (Å²) >= 11 is 1.36. The quantitative estimate of drug-likeness (QED) is 0.432. The number of halogens is 1. The third-order valence-electron chi connectivity index (χ3n) is 4.60. The molecule has 2 aromatic heterocycles. The molecule has 4 aromatic rings. The number of fused-ring (bicyclic) bond motifs is 1. The van der Waals surface area contributed by atoms with Crippen LogP contribution in [0, 0.1) is 5.82 Å². The van der Waals surface area contributed by atoms with Crippen molar-refractivity contribution in [2.24, 2.45) is 0 Å². The SMILES string of the molecule is COc1ccc(S(=O)(=O)NCCc2csc3nc(-c4ccccc4F)nn23)cc1OC. The second-order valence-electron chi connectivity index (χ2n) is 6.50. The summed E-state index contributed by atoms with van der Waals surface area (Å²) in [5.74, 6) is 0.661. The van der Waals surface area contributed by atoms with Crippen LogP contribution in [0.15, 0.2) is 52.7 Å². The molecule has 0 radical (unpaired) electrons. The van der Waals surface area contributed by atoms with Crippen molar-refractivity contribution in [3.63, 3.8) is 0 Å². The first-order valence-corrected chi connectivity index (χ1v) is 11.6. The molecule has 11 heteroatoms. The molecule has 0 saturated carbocycles. The minimum absolute atomic E-state index is 0.0724. The Bertz CT molecular complexity index is 1330. The molecule has 0 saturated heterocycles. The lowest BCUT2D eigenvalue weighted by Gasteiger charge is -2.11. The largest absolute Gasteiger partial charge is 0.493 e. The predicted molar refractivity (Wildman–Crippen MR) is 115 cm³/mol. The van der Waals surface area contributed by atoms with Gasteiger partial charge in [0, 0.05) is 24.4 Å². The van der Waals surface area contributed by atoms with Crippen LogP contribution < -0.4 is 14.2 Å². The zero-order valence-corrected chi connectivity index (χ0v) is 18.3. The highest BCUT2D eigenvalue weighted by atomic mass is 32.2. The summed E-state index contributed by atoms with van der Waals surface area (Å²) in [5, 5.41) is 6.24. The number of hydrogen-bond acceptors (Lipinski definition) is 7. The molecular weight excluding hydrogens is 443 g/mol. The number of benzene rings is 2. The fraction of sp³-hybridized carbons (Fsp3) is 0.200. The van der Waals surface area contributed by atoms with Gasteiger partial charge in [-0.15, -0.1) is 16.4 Å². The standard InChI is InChI=1S/C20H19FN4O4S2/c1-28-17-8-7-14(11-18(17)29-2)31(26,27)22-10-9-13-12-30-20-23-19(24-25(13)20)15-5-3-4-6-16(15)21/h3-8,11-12,22H,9-10H2,1-2H3. The fourth-order valence-corrected chi connectivity index (χ4v) is 4.94. The van der Waals surface area contributed by atoms with Crippen molar-refractivity contribution in [2.45, 2.75) is 11.3 Å². The van der Waals surface area contributed by atoms with Crippen molar-refractivity contribution in [1.82, 2.24) is 19.3 Å². The van der Waals surface area contributed by atoms with E-state index in [0.29, 0.717) is 28.4 Å². The van der Waals surface area contributed by atoms with Gasteiger partial charge >= 0.3 is 0 Å². The second-order valence-corrected chi connectivity index (χ2v) is 9.10. The summed E-state index contributed by atoms with van der Waals surface area (Å²) < 4.78 is 53.8. The monoisotopic (exact) mass is 462 g/mol. The van der Waals surface area contributed by atoms with E-state index >= 15 is 0 Å². The molecule has 0 aliphatic rings. The smallest absolute Gasteiger partial charge is 0.240 e. The minimum Gasteiger partial charge on any atom is -0.493 e. The van der Waals surface area contributed by atoms with Crippen molar-refractivity contribution in [2.75, 3.05) is 20.8 Å². The number of nitrogens with zero attached hydrogens (tertiary/aromatic N) is 3. The lowest BCUT2D eigenvalue weighted by Crippen LogP contribution is -2.26. The highest BCUT2D eigenvalue weighted by Crippen LogP contribution is 2.29. The van der Waals surface area contributed by atoms with E-state index in [4.69, 9.17) is 9.47 Å². The molecular formula is C20H19FN4O4S2. The van der Waals surface area contributed by atoms with Crippen LogP contribution in [0.5, 0.6) is 11.5 Å². The predicted octanol–water partition coefficient (Wildman–Crippen LogP) is 3.14. The van der Waals surface area contributed by atoms with E-state index < -0.39 is 15.8 Å². The number of nitrogens with one attached hydrogen (secondary N) is 1. The van der Waals surface area contributed by atoms with E-state index in [-0.39, 0.29) is 17.3 Å². The van der Waals surface area contributed by atoms with Gasteiger partial charge in [0.1, 0.15) is 5.82 Å². The van der Waals surface area contributed by atoms with Crippen molar-refractivity contribution >= 4 is 26.3 Å². The molecule has 2 heterocycles. The Labute approximate surface area is 182 Å². The number of hydrogen-bond donors (Lipinski definition) is 1. The van der Waals surface area contributed by atoms with Gasteiger partial charge in [0.25, 0.3) is 0 Å². The maximum absolute atomic E-state index is 14.0. The van der Waals surface area contributed by atoms with E-state index in [9.17, 15) is 12.8 Å². The molecule has 162 valence electrons. The molecule has 8 nitrogen and oxygen atoms in total. The van der Waals surface area contributed by atoms with Gasteiger partial charge in [-0.25, -0.2) is 22.0 Å². The molecule has 0 bridgehead atoms. The zero-order chi connectivity index (χ0) is 22.0. The number of thiazole rings is 1. The molecule has 0 amide bonds. The van der Waals surface area contributed by atoms with Gasteiger partial charge in [-0.1, -0.05) is 12.1 Å². The summed E-state index contributed by atoms with van der Waals surface area (Å²) in [4.78, 5) is 5.05. The average Bonchev–Trinajstić information content (AvgIpc) is 3.35. The molecule has 0 aliphatic heterocycles. The Hall–Kier alpha value is -3.02. The normalized spacial score (nSPS) is 11.7. The van der Waals surface area contributed by atoms with Crippen molar-refractivity contribution in [1.29, 1.82) is 0 Å². The van der Waals surface area contributed by atoms with Gasteiger partial charge in [0.15, 0.2) is 17.3 Å². The molecule has 4 rings (SSSR count). The average molecular weight is 463 g/mol. The van der Waals surface area contributed by atoms with Crippen molar-refractivity contribution in [3.05, 3.63) is 59.4 Å². The van der Waals surface area contributed by atoms with Crippen LogP contribution >= 0.6 is 11.3 Å². The van der Waals surface area contributed by atoms with Crippen LogP contribution in [0.3, 0.4) is 0 Å². The van der Waals surface area contributed by atoms with Gasteiger partial charge in [0.2, 0.25) is 15.0 Å². The molecule has 0 fully saturated rings. The third kappa shape index (κ3) is 4.24. The molecule has 1 N–H and O–H groups in total. The molecule has 2 aromatic carbocycles. The number of rotatable bonds is 8. The highest BCUT2D eigenvalue weighted by molar-refractivity contribution is 7.89. The van der Waals surface area contributed by atoms with Gasteiger partial charge < -0.3 is 9.47 Å². The Balaban J connectivity index is 1.49. The maximum Gasteiger partial charge on any atom is 0.240 e. The summed E-state index contributed by atoms with van der Waals surface area (Å²) in [6.07, 6.45) is 0.382. The van der Waals surface area contributed by atoms with Crippen LogP contribution in [0.2, 0.25) is 0 Å². The summed E-state index contributed by atoms with van der Waals surface area (Å²) in [6, 6.07) is 10.7. The van der Waals surface area contributed by atoms with E-state index in [1.165, 1.54) is 49.8 Å².